The molecule has 4 bridgehead atoms. The van der Waals surface area contributed by atoms with E-state index in [4.69, 9.17) is 9.47 Å². The van der Waals surface area contributed by atoms with Crippen molar-refractivity contribution in [3.05, 3.63) is 83.4 Å². The Bertz CT molecular complexity index is 1770. The van der Waals surface area contributed by atoms with Crippen molar-refractivity contribution in [1.29, 1.82) is 0 Å². The highest BCUT2D eigenvalue weighted by molar-refractivity contribution is 5.97. The summed E-state index contributed by atoms with van der Waals surface area (Å²) in [6.45, 7) is 5.44. The summed E-state index contributed by atoms with van der Waals surface area (Å²) >= 11 is 0. The molecule has 5 saturated carbocycles. The summed E-state index contributed by atoms with van der Waals surface area (Å²) in [6, 6.07) is 13.3. The van der Waals surface area contributed by atoms with E-state index < -0.39 is 0 Å². The lowest BCUT2D eigenvalue weighted by atomic mass is 9.19. The lowest BCUT2D eigenvalue weighted by Gasteiger charge is -2.85. The van der Waals surface area contributed by atoms with E-state index >= 15 is 0 Å². The molecule has 0 aliphatic heterocycles. The number of aromatic nitrogens is 2. The van der Waals surface area contributed by atoms with Crippen LogP contribution >= 0.6 is 0 Å². The maximum atomic E-state index is 6.28. The van der Waals surface area contributed by atoms with Crippen LogP contribution in [0.5, 0.6) is 11.5 Å². The second-order valence-corrected chi connectivity index (χ2v) is 15.1. The zero-order chi connectivity index (χ0) is 27.9. The number of benzene rings is 2. The second-order valence-electron chi connectivity index (χ2n) is 15.1. The van der Waals surface area contributed by atoms with Crippen LogP contribution in [0.1, 0.15) is 72.6 Å². The lowest BCUT2D eigenvalue weighted by Crippen LogP contribution is -2.80. The molecule has 4 aromatic rings. The van der Waals surface area contributed by atoms with Crippen molar-refractivity contribution in [2.75, 3.05) is 14.2 Å². The number of ether oxygens (including phenoxy) is 2. The summed E-state index contributed by atoms with van der Waals surface area (Å²) in [5, 5.41) is 2.42. The number of hydrogen-bond acceptors (Lipinski definition) is 4. The molecule has 210 valence electrons. The second kappa shape index (κ2) is 7.04. The van der Waals surface area contributed by atoms with Crippen LogP contribution in [-0.2, 0) is 0 Å². The number of rotatable bonds is 2. The number of methoxy groups -OCH3 is 2. The Morgan fingerprint density at radius 1 is 0.643 bits per heavy atom. The fourth-order valence-electron chi connectivity index (χ4n) is 14.3. The Kier molecular flexibility index (Phi) is 3.87. The molecule has 12 atom stereocenters. The quantitative estimate of drug-likeness (QED) is 0.187. The minimum Gasteiger partial charge on any atom is -0.496 e. The molecule has 42 heavy (non-hydrogen) atoms. The van der Waals surface area contributed by atoms with Crippen LogP contribution in [0, 0.1) is 46.3 Å². The van der Waals surface area contributed by atoms with Crippen LogP contribution in [0.25, 0.3) is 21.9 Å². The molecule has 5 fully saturated rings. The fraction of sp³-hybridized carbons (Fsp3) is 0.474. The summed E-state index contributed by atoms with van der Waals surface area (Å²) in [4.78, 5) is 9.37. The molecular weight excluding hydrogens is 516 g/mol. The summed E-state index contributed by atoms with van der Waals surface area (Å²) in [7, 11) is 3.75. The Morgan fingerprint density at radius 2 is 1.12 bits per heavy atom. The molecule has 0 unspecified atom stereocenters. The molecule has 2 heterocycles. The summed E-state index contributed by atoms with van der Waals surface area (Å²) in [6.07, 6.45) is 11.0. The zero-order valence-corrected chi connectivity index (χ0v) is 24.7. The maximum absolute atomic E-state index is 6.28. The molecule has 11 rings (SSSR count). The van der Waals surface area contributed by atoms with Crippen molar-refractivity contribution in [3.63, 3.8) is 0 Å². The minimum absolute atomic E-state index is 0.380. The summed E-state index contributed by atoms with van der Waals surface area (Å²) in [5.74, 6) is 9.12. The van der Waals surface area contributed by atoms with Gasteiger partial charge in [-0.1, -0.05) is 38.1 Å². The Balaban J connectivity index is 1.09. The van der Waals surface area contributed by atoms with Gasteiger partial charge < -0.3 is 9.47 Å². The zero-order valence-electron chi connectivity index (χ0n) is 24.7. The van der Waals surface area contributed by atoms with Gasteiger partial charge in [-0.05, 0) is 117 Å². The SMILES string of the molecule is COc1c2c(c(OC)c3ccccc13)[C@@H]1C[C@H]2[C@@H]2[C@H]1[C@@]1(C)[C@@H]3[C@@H]4C[C@@H]([C@H]5c6cnccc6-c6ccncc6[C@@H]45)[C@@H]3[C@@]21C. The van der Waals surface area contributed by atoms with Gasteiger partial charge in [-0.2, -0.15) is 0 Å². The molecule has 0 saturated heterocycles. The van der Waals surface area contributed by atoms with E-state index in [1.165, 1.54) is 57.0 Å². The highest BCUT2D eigenvalue weighted by Gasteiger charge is 2.90. The molecule has 0 amide bonds. The first-order valence-corrected chi connectivity index (χ1v) is 16.1. The highest BCUT2D eigenvalue weighted by Crippen LogP contribution is 2.96. The first kappa shape index (κ1) is 23.1. The van der Waals surface area contributed by atoms with E-state index in [0.717, 1.165) is 47.0 Å². The molecular formula is C38H36N2O2. The molecule has 2 aromatic heterocycles. The van der Waals surface area contributed by atoms with Crippen molar-refractivity contribution in [3.8, 4) is 22.6 Å². The molecule has 7 aliphatic rings. The smallest absolute Gasteiger partial charge is 0.130 e. The number of pyridine rings is 2. The van der Waals surface area contributed by atoms with Gasteiger partial charge in [0.05, 0.1) is 14.2 Å². The predicted octanol–water partition coefficient (Wildman–Crippen LogP) is 7.93. The largest absolute Gasteiger partial charge is 0.496 e. The van der Waals surface area contributed by atoms with Crippen LogP contribution in [0.15, 0.2) is 61.2 Å². The monoisotopic (exact) mass is 552 g/mol. The van der Waals surface area contributed by atoms with Crippen molar-refractivity contribution in [1.82, 2.24) is 9.97 Å². The number of nitrogens with zero attached hydrogens (tertiary/aromatic N) is 2. The van der Waals surface area contributed by atoms with E-state index in [9.17, 15) is 0 Å². The van der Waals surface area contributed by atoms with Gasteiger partial charge in [0, 0.05) is 46.7 Å². The summed E-state index contributed by atoms with van der Waals surface area (Å²) < 4.78 is 12.6. The third kappa shape index (κ3) is 2.05. The third-order valence-corrected chi connectivity index (χ3v) is 14.9. The van der Waals surface area contributed by atoms with Gasteiger partial charge in [0.15, 0.2) is 0 Å². The van der Waals surface area contributed by atoms with Crippen LogP contribution in [0.2, 0.25) is 0 Å². The van der Waals surface area contributed by atoms with E-state index in [0.29, 0.717) is 34.5 Å². The van der Waals surface area contributed by atoms with Gasteiger partial charge in [0.25, 0.3) is 0 Å². The fourth-order valence-corrected chi connectivity index (χ4v) is 14.3. The molecule has 0 spiro atoms. The normalized spacial score (nSPS) is 43.2. The Morgan fingerprint density at radius 3 is 1.57 bits per heavy atom. The van der Waals surface area contributed by atoms with E-state index in [-0.39, 0.29) is 0 Å². The van der Waals surface area contributed by atoms with Crippen LogP contribution in [-0.4, -0.2) is 24.2 Å². The molecule has 4 nitrogen and oxygen atoms in total. The van der Waals surface area contributed by atoms with Gasteiger partial charge in [0.2, 0.25) is 0 Å². The van der Waals surface area contributed by atoms with Gasteiger partial charge >= 0.3 is 0 Å². The molecule has 7 aliphatic carbocycles. The van der Waals surface area contributed by atoms with Crippen LogP contribution in [0.4, 0.5) is 0 Å². The first-order valence-electron chi connectivity index (χ1n) is 16.1. The average molecular weight is 553 g/mol. The molecule has 2 aromatic carbocycles. The van der Waals surface area contributed by atoms with Gasteiger partial charge in [0.1, 0.15) is 11.5 Å². The first-order chi connectivity index (χ1) is 20.6. The van der Waals surface area contributed by atoms with Crippen molar-refractivity contribution >= 4 is 10.8 Å². The molecule has 0 N–H and O–H groups in total. The van der Waals surface area contributed by atoms with Gasteiger partial charge in [-0.15, -0.1) is 0 Å². The van der Waals surface area contributed by atoms with Crippen LogP contribution in [0.3, 0.4) is 0 Å². The Hall–Kier alpha value is -3.40. The topological polar surface area (TPSA) is 44.2 Å². The maximum Gasteiger partial charge on any atom is 0.130 e. The molecule has 0 radical (unpaired) electrons. The molecule has 4 heteroatoms. The Labute approximate surface area is 246 Å². The average Bonchev–Trinajstić information content (AvgIpc) is 3.80. The minimum atomic E-state index is 0.380. The number of fused-ring (bicyclic) bond motifs is 27. The van der Waals surface area contributed by atoms with E-state index in [1.807, 2.05) is 26.6 Å². The van der Waals surface area contributed by atoms with Crippen molar-refractivity contribution in [2.24, 2.45) is 46.3 Å². The van der Waals surface area contributed by atoms with Gasteiger partial charge in [-0.3, -0.25) is 9.97 Å². The third-order valence-electron chi connectivity index (χ3n) is 14.9. The van der Waals surface area contributed by atoms with Gasteiger partial charge in [-0.25, -0.2) is 0 Å². The highest BCUT2D eigenvalue weighted by atomic mass is 16.5. The van der Waals surface area contributed by atoms with E-state index in [1.54, 1.807) is 0 Å². The standard InChI is InChI=1S/C38H36N2O2/c1-37-31-21-13-22(28-26-16-40-12-10-18(26)17-9-11-39-15-25(17)27(21)28)32(31)38(37,2)34-24-14-23(33(34)37)29-30(24)36(42-4)20-8-6-5-7-19(20)35(29)41-3/h5-12,15-16,21-24,27-28,31-34H,13-14H2,1-4H3/t21-,22+,23+,24-,27-,28+,31-,32+,33+,34-,37-,38+. The predicted molar refractivity (Wildman–Crippen MR) is 162 cm³/mol. The number of hydrogen-bond donors (Lipinski definition) is 0. The van der Waals surface area contributed by atoms with Crippen LogP contribution < -0.4 is 9.47 Å². The summed E-state index contributed by atoms with van der Waals surface area (Å²) in [5.41, 5.74) is 9.57. The van der Waals surface area contributed by atoms with Crippen molar-refractivity contribution < 1.29 is 9.47 Å². The van der Waals surface area contributed by atoms with E-state index in [2.05, 4.69) is 72.6 Å². The van der Waals surface area contributed by atoms with Crippen molar-refractivity contribution in [2.45, 2.75) is 50.4 Å². The lowest BCUT2D eigenvalue weighted by molar-refractivity contribution is -0.365.